The summed E-state index contributed by atoms with van der Waals surface area (Å²) < 4.78 is 2.19. The zero-order valence-corrected chi connectivity index (χ0v) is 11.8. The Kier molecular flexibility index (Phi) is 3.56. The molecule has 0 radical (unpaired) electrons. The molecule has 6 heteroatoms. The SMILES string of the molecule is Cn1ncc(Cl)c1C(=O)c1cc(Cl)cc(Br)c1. The molecule has 2 rings (SSSR count). The summed E-state index contributed by atoms with van der Waals surface area (Å²) in [6, 6.07) is 5.00. The molecule has 0 fully saturated rings. The summed E-state index contributed by atoms with van der Waals surface area (Å²) in [6.45, 7) is 0. The van der Waals surface area contributed by atoms with Gasteiger partial charge in [-0.3, -0.25) is 9.48 Å². The van der Waals surface area contributed by atoms with Gasteiger partial charge < -0.3 is 0 Å². The van der Waals surface area contributed by atoms with Crippen molar-refractivity contribution in [2.75, 3.05) is 0 Å². The van der Waals surface area contributed by atoms with Crippen LogP contribution in [0.15, 0.2) is 28.9 Å². The quantitative estimate of drug-likeness (QED) is 0.785. The molecule has 2 aromatic rings. The molecule has 1 aromatic carbocycles. The first kappa shape index (κ1) is 12.6. The number of halogens is 3. The number of benzene rings is 1. The van der Waals surface area contributed by atoms with E-state index in [9.17, 15) is 4.79 Å². The lowest BCUT2D eigenvalue weighted by Gasteiger charge is -2.04. The highest BCUT2D eigenvalue weighted by Crippen LogP contribution is 2.24. The number of ketones is 1. The average Bonchev–Trinajstić information content (AvgIpc) is 2.56. The van der Waals surface area contributed by atoms with Crippen molar-refractivity contribution in [2.45, 2.75) is 0 Å². The van der Waals surface area contributed by atoms with Crippen LogP contribution in [-0.4, -0.2) is 15.6 Å². The fourth-order valence-electron chi connectivity index (χ4n) is 1.49. The Morgan fingerprint density at radius 1 is 1.35 bits per heavy atom. The molecule has 0 aliphatic carbocycles. The molecular weight excluding hydrogens is 327 g/mol. The first-order valence-corrected chi connectivity index (χ1v) is 6.22. The van der Waals surface area contributed by atoms with E-state index in [4.69, 9.17) is 23.2 Å². The Labute approximate surface area is 116 Å². The number of hydrogen-bond acceptors (Lipinski definition) is 2. The molecule has 17 heavy (non-hydrogen) atoms. The van der Waals surface area contributed by atoms with Crippen LogP contribution in [0.4, 0.5) is 0 Å². The lowest BCUT2D eigenvalue weighted by molar-refractivity contribution is 0.103. The molecule has 0 atom stereocenters. The molecule has 0 aliphatic heterocycles. The zero-order valence-electron chi connectivity index (χ0n) is 8.75. The zero-order chi connectivity index (χ0) is 12.6. The minimum atomic E-state index is -0.210. The Bertz CT molecular complexity index is 555. The number of nitrogens with zero attached hydrogens (tertiary/aromatic N) is 2. The molecule has 0 unspecified atom stereocenters. The van der Waals surface area contributed by atoms with Gasteiger partial charge in [-0.15, -0.1) is 0 Å². The van der Waals surface area contributed by atoms with Gasteiger partial charge in [0.15, 0.2) is 0 Å². The third kappa shape index (κ3) is 2.54. The summed E-state index contributed by atoms with van der Waals surface area (Å²) in [7, 11) is 1.67. The van der Waals surface area contributed by atoms with Crippen molar-refractivity contribution in [3.05, 3.63) is 50.2 Å². The molecule has 1 aromatic heterocycles. The van der Waals surface area contributed by atoms with E-state index in [0.717, 1.165) is 4.47 Å². The second-order valence-electron chi connectivity index (χ2n) is 3.45. The highest BCUT2D eigenvalue weighted by molar-refractivity contribution is 9.10. The first-order valence-electron chi connectivity index (χ1n) is 4.67. The lowest BCUT2D eigenvalue weighted by atomic mass is 10.1. The van der Waals surface area contributed by atoms with E-state index in [-0.39, 0.29) is 5.78 Å². The highest BCUT2D eigenvalue weighted by Gasteiger charge is 2.18. The van der Waals surface area contributed by atoms with Gasteiger partial charge in [-0.2, -0.15) is 5.10 Å². The van der Waals surface area contributed by atoms with Gasteiger partial charge >= 0.3 is 0 Å². The van der Waals surface area contributed by atoms with Crippen molar-refractivity contribution in [3.63, 3.8) is 0 Å². The lowest BCUT2D eigenvalue weighted by Crippen LogP contribution is -2.08. The second-order valence-corrected chi connectivity index (χ2v) is 5.21. The van der Waals surface area contributed by atoms with Gasteiger partial charge in [-0.05, 0) is 18.2 Å². The van der Waals surface area contributed by atoms with Gasteiger partial charge in [0, 0.05) is 22.1 Å². The maximum atomic E-state index is 12.2. The molecule has 0 aliphatic rings. The van der Waals surface area contributed by atoms with Gasteiger partial charge in [-0.1, -0.05) is 39.1 Å². The summed E-state index contributed by atoms with van der Waals surface area (Å²) in [6.07, 6.45) is 1.44. The van der Waals surface area contributed by atoms with E-state index in [0.29, 0.717) is 21.3 Å². The average molecular weight is 334 g/mol. The van der Waals surface area contributed by atoms with Crippen molar-refractivity contribution in [1.82, 2.24) is 9.78 Å². The van der Waals surface area contributed by atoms with Crippen LogP contribution in [0.1, 0.15) is 16.1 Å². The van der Waals surface area contributed by atoms with E-state index in [2.05, 4.69) is 21.0 Å². The number of hydrogen-bond donors (Lipinski definition) is 0. The number of aromatic nitrogens is 2. The van der Waals surface area contributed by atoms with Crippen LogP contribution < -0.4 is 0 Å². The van der Waals surface area contributed by atoms with Gasteiger partial charge in [0.05, 0.1) is 11.2 Å². The van der Waals surface area contributed by atoms with E-state index in [1.165, 1.54) is 10.9 Å². The van der Waals surface area contributed by atoms with Crippen LogP contribution in [0.5, 0.6) is 0 Å². The topological polar surface area (TPSA) is 34.9 Å². The molecular formula is C11H7BrCl2N2O. The number of carbonyl (C=O) groups excluding carboxylic acids is 1. The summed E-state index contributed by atoms with van der Waals surface area (Å²) in [5, 5.41) is 4.74. The number of carbonyl (C=O) groups is 1. The fourth-order valence-corrected chi connectivity index (χ4v) is 2.60. The van der Waals surface area contributed by atoms with Crippen LogP contribution in [0.3, 0.4) is 0 Å². The van der Waals surface area contributed by atoms with E-state index in [1.807, 2.05) is 0 Å². The maximum absolute atomic E-state index is 12.2. The molecule has 0 bridgehead atoms. The van der Waals surface area contributed by atoms with Crippen LogP contribution in [0, 0.1) is 0 Å². The van der Waals surface area contributed by atoms with Gasteiger partial charge in [0.25, 0.3) is 0 Å². The van der Waals surface area contributed by atoms with E-state index < -0.39 is 0 Å². The van der Waals surface area contributed by atoms with Crippen LogP contribution >= 0.6 is 39.1 Å². The van der Waals surface area contributed by atoms with Crippen molar-refractivity contribution in [2.24, 2.45) is 7.05 Å². The monoisotopic (exact) mass is 332 g/mol. The summed E-state index contributed by atoms with van der Waals surface area (Å²) in [4.78, 5) is 12.2. The molecule has 0 saturated carbocycles. The summed E-state index contributed by atoms with van der Waals surface area (Å²) >= 11 is 15.1. The third-order valence-corrected chi connectivity index (χ3v) is 3.19. The van der Waals surface area contributed by atoms with Crippen molar-refractivity contribution < 1.29 is 4.79 Å². The predicted molar refractivity (Wildman–Crippen MR) is 70.8 cm³/mol. The van der Waals surface area contributed by atoms with Gasteiger partial charge in [0.2, 0.25) is 5.78 Å². The standard InChI is InChI=1S/C11H7BrCl2N2O/c1-16-10(9(14)5-15-16)11(17)6-2-7(12)4-8(13)3-6/h2-5H,1H3. The molecule has 0 saturated heterocycles. The van der Waals surface area contributed by atoms with E-state index in [1.54, 1.807) is 25.2 Å². The molecule has 3 nitrogen and oxygen atoms in total. The number of aryl methyl sites for hydroxylation is 1. The smallest absolute Gasteiger partial charge is 0.212 e. The maximum Gasteiger partial charge on any atom is 0.212 e. The molecule has 0 spiro atoms. The van der Waals surface area contributed by atoms with Gasteiger partial charge in [0.1, 0.15) is 5.69 Å². The molecule has 1 heterocycles. The normalized spacial score (nSPS) is 10.6. The first-order chi connectivity index (χ1) is 7.99. The van der Waals surface area contributed by atoms with Crippen LogP contribution in [-0.2, 0) is 7.05 Å². The Morgan fingerprint density at radius 3 is 2.59 bits per heavy atom. The van der Waals surface area contributed by atoms with Crippen molar-refractivity contribution in [1.29, 1.82) is 0 Å². The Morgan fingerprint density at radius 2 is 2.06 bits per heavy atom. The third-order valence-electron chi connectivity index (χ3n) is 2.23. The van der Waals surface area contributed by atoms with E-state index >= 15 is 0 Å². The van der Waals surface area contributed by atoms with Crippen molar-refractivity contribution in [3.8, 4) is 0 Å². The largest absolute Gasteiger partial charge is 0.287 e. The minimum Gasteiger partial charge on any atom is -0.287 e. The summed E-state index contributed by atoms with van der Waals surface area (Å²) in [5.41, 5.74) is 0.815. The fraction of sp³-hybridized carbons (Fsp3) is 0.0909. The molecule has 0 N–H and O–H groups in total. The van der Waals surface area contributed by atoms with Crippen LogP contribution in [0.25, 0.3) is 0 Å². The second kappa shape index (κ2) is 4.80. The summed E-state index contributed by atoms with van der Waals surface area (Å²) in [5.74, 6) is -0.210. The minimum absolute atomic E-state index is 0.210. The molecule has 88 valence electrons. The Hall–Kier alpha value is -0.840. The Balaban J connectivity index is 2.51. The highest BCUT2D eigenvalue weighted by atomic mass is 79.9. The number of rotatable bonds is 2. The molecule has 0 amide bonds. The van der Waals surface area contributed by atoms with Crippen molar-refractivity contribution >= 4 is 44.9 Å². The predicted octanol–water partition coefficient (Wildman–Crippen LogP) is 3.72. The van der Waals surface area contributed by atoms with Crippen LogP contribution in [0.2, 0.25) is 10.0 Å². The van der Waals surface area contributed by atoms with Gasteiger partial charge in [-0.25, -0.2) is 0 Å².